The average Bonchev–Trinajstić information content (AvgIpc) is 2.25. The minimum absolute atomic E-state index is 0.109. The molecule has 17 heavy (non-hydrogen) atoms. The van der Waals surface area contributed by atoms with E-state index in [2.05, 4.69) is 0 Å². The molecule has 96 valence electrons. The van der Waals surface area contributed by atoms with Crippen molar-refractivity contribution in [3.05, 3.63) is 30.1 Å². The molecule has 1 aromatic rings. The van der Waals surface area contributed by atoms with E-state index in [1.54, 1.807) is 12.1 Å². The Labute approximate surface area is 106 Å². The summed E-state index contributed by atoms with van der Waals surface area (Å²) < 4.78 is 34.5. The summed E-state index contributed by atoms with van der Waals surface area (Å²) in [5.41, 5.74) is 5.80. The summed E-state index contributed by atoms with van der Waals surface area (Å²) in [6.07, 6.45) is 1.65. The van der Waals surface area contributed by atoms with Crippen molar-refractivity contribution < 1.29 is 12.8 Å². The fraction of sp³-hybridized carbons (Fsp3) is 0.455. The van der Waals surface area contributed by atoms with Gasteiger partial charge in [0.05, 0.1) is 5.75 Å². The number of thioether (sulfide) groups is 1. The van der Waals surface area contributed by atoms with Gasteiger partial charge in [-0.25, -0.2) is 12.8 Å². The van der Waals surface area contributed by atoms with E-state index in [0.717, 1.165) is 4.90 Å². The van der Waals surface area contributed by atoms with Crippen LogP contribution in [-0.2, 0) is 9.84 Å². The van der Waals surface area contributed by atoms with Crippen LogP contribution in [-0.4, -0.2) is 32.2 Å². The van der Waals surface area contributed by atoms with Crippen LogP contribution in [0.15, 0.2) is 29.2 Å². The molecule has 3 nitrogen and oxygen atoms in total. The third-order valence-corrected chi connectivity index (χ3v) is 4.31. The monoisotopic (exact) mass is 277 g/mol. The topological polar surface area (TPSA) is 60.2 Å². The Kier molecular flexibility index (Phi) is 5.42. The first-order chi connectivity index (χ1) is 7.87. The SMILES string of the molecule is CS(=O)(=O)CCC(N)CSc1ccc(F)cc1. The molecular formula is C11H16FNO2S2. The molecule has 0 aliphatic heterocycles. The number of halogens is 1. The molecule has 0 aromatic heterocycles. The summed E-state index contributed by atoms with van der Waals surface area (Å²) in [7, 11) is -2.95. The Balaban J connectivity index is 2.33. The van der Waals surface area contributed by atoms with Crippen molar-refractivity contribution >= 4 is 21.6 Å². The molecular weight excluding hydrogens is 261 g/mol. The van der Waals surface area contributed by atoms with Gasteiger partial charge in [-0.15, -0.1) is 11.8 Å². The quantitative estimate of drug-likeness (QED) is 0.804. The van der Waals surface area contributed by atoms with Crippen molar-refractivity contribution in [2.24, 2.45) is 5.73 Å². The van der Waals surface area contributed by atoms with Crippen molar-refractivity contribution in [1.82, 2.24) is 0 Å². The van der Waals surface area contributed by atoms with Gasteiger partial charge in [0, 0.05) is 22.9 Å². The first-order valence-electron chi connectivity index (χ1n) is 5.18. The van der Waals surface area contributed by atoms with E-state index in [-0.39, 0.29) is 17.6 Å². The second kappa shape index (κ2) is 6.37. The zero-order chi connectivity index (χ0) is 12.9. The molecule has 0 aliphatic carbocycles. The van der Waals surface area contributed by atoms with Crippen LogP contribution in [0.25, 0.3) is 0 Å². The lowest BCUT2D eigenvalue weighted by atomic mass is 10.3. The van der Waals surface area contributed by atoms with Gasteiger partial charge < -0.3 is 5.73 Å². The third kappa shape index (κ3) is 6.65. The van der Waals surface area contributed by atoms with Crippen LogP contribution in [0.3, 0.4) is 0 Å². The molecule has 0 aliphatic rings. The van der Waals surface area contributed by atoms with Gasteiger partial charge in [0.2, 0.25) is 0 Å². The second-order valence-corrected chi connectivity index (χ2v) is 7.30. The largest absolute Gasteiger partial charge is 0.327 e. The van der Waals surface area contributed by atoms with E-state index in [0.29, 0.717) is 12.2 Å². The molecule has 0 saturated carbocycles. The molecule has 6 heteroatoms. The summed E-state index contributed by atoms with van der Waals surface area (Å²) >= 11 is 1.50. The summed E-state index contributed by atoms with van der Waals surface area (Å²) in [6.45, 7) is 0. The maximum Gasteiger partial charge on any atom is 0.147 e. The van der Waals surface area contributed by atoms with Gasteiger partial charge >= 0.3 is 0 Å². The minimum atomic E-state index is -2.95. The molecule has 0 saturated heterocycles. The number of rotatable bonds is 6. The van der Waals surface area contributed by atoms with Gasteiger partial charge in [0.15, 0.2) is 0 Å². The van der Waals surface area contributed by atoms with E-state index >= 15 is 0 Å². The molecule has 0 fully saturated rings. The lowest BCUT2D eigenvalue weighted by Crippen LogP contribution is -2.25. The van der Waals surface area contributed by atoms with E-state index in [1.807, 2.05) is 0 Å². The van der Waals surface area contributed by atoms with Gasteiger partial charge in [0.25, 0.3) is 0 Å². The molecule has 2 N–H and O–H groups in total. The zero-order valence-electron chi connectivity index (χ0n) is 9.60. The highest BCUT2D eigenvalue weighted by atomic mass is 32.2. The Morgan fingerprint density at radius 2 is 1.94 bits per heavy atom. The van der Waals surface area contributed by atoms with Crippen LogP contribution in [0.2, 0.25) is 0 Å². The highest BCUT2D eigenvalue weighted by Gasteiger charge is 2.08. The molecule has 0 heterocycles. The van der Waals surface area contributed by atoms with E-state index in [1.165, 1.54) is 30.2 Å². The number of sulfone groups is 1. The lowest BCUT2D eigenvalue weighted by Gasteiger charge is -2.10. The number of hydrogen-bond donors (Lipinski definition) is 1. The van der Waals surface area contributed by atoms with Gasteiger partial charge in [-0.2, -0.15) is 0 Å². The lowest BCUT2D eigenvalue weighted by molar-refractivity contribution is 0.594. The molecule has 0 radical (unpaired) electrons. The van der Waals surface area contributed by atoms with Crippen LogP contribution in [0.1, 0.15) is 6.42 Å². The van der Waals surface area contributed by atoms with Crippen LogP contribution in [0.5, 0.6) is 0 Å². The van der Waals surface area contributed by atoms with Crippen molar-refractivity contribution in [2.75, 3.05) is 17.8 Å². The smallest absolute Gasteiger partial charge is 0.147 e. The Morgan fingerprint density at radius 1 is 1.35 bits per heavy atom. The Hall–Kier alpha value is -0.590. The molecule has 1 atom stereocenters. The molecule has 0 spiro atoms. The summed E-state index contributed by atoms with van der Waals surface area (Å²) in [6, 6.07) is 5.99. The van der Waals surface area contributed by atoms with Gasteiger partial charge in [-0.1, -0.05) is 0 Å². The summed E-state index contributed by atoms with van der Waals surface area (Å²) in [4.78, 5) is 0.932. The number of hydrogen-bond acceptors (Lipinski definition) is 4. The summed E-state index contributed by atoms with van der Waals surface area (Å²) in [5, 5.41) is 0. The molecule has 1 rings (SSSR count). The van der Waals surface area contributed by atoms with Gasteiger partial charge in [-0.3, -0.25) is 0 Å². The van der Waals surface area contributed by atoms with Crippen molar-refractivity contribution in [2.45, 2.75) is 17.4 Å². The normalized spacial score (nSPS) is 13.6. The molecule has 1 aromatic carbocycles. The first-order valence-corrected chi connectivity index (χ1v) is 8.23. The Bertz CT molecular complexity index is 445. The van der Waals surface area contributed by atoms with Crippen molar-refractivity contribution in [3.8, 4) is 0 Å². The van der Waals surface area contributed by atoms with Gasteiger partial charge in [0.1, 0.15) is 15.7 Å². The molecule has 1 unspecified atom stereocenters. The minimum Gasteiger partial charge on any atom is -0.327 e. The highest BCUT2D eigenvalue weighted by molar-refractivity contribution is 7.99. The number of benzene rings is 1. The maximum absolute atomic E-state index is 12.6. The first kappa shape index (κ1) is 14.5. The van der Waals surface area contributed by atoms with Crippen molar-refractivity contribution in [3.63, 3.8) is 0 Å². The fourth-order valence-corrected chi connectivity index (χ4v) is 2.82. The van der Waals surface area contributed by atoms with Gasteiger partial charge in [-0.05, 0) is 30.7 Å². The van der Waals surface area contributed by atoms with Crippen LogP contribution < -0.4 is 5.73 Å². The zero-order valence-corrected chi connectivity index (χ0v) is 11.2. The second-order valence-electron chi connectivity index (χ2n) is 3.94. The van der Waals surface area contributed by atoms with E-state index in [9.17, 15) is 12.8 Å². The molecule has 0 bridgehead atoms. The Morgan fingerprint density at radius 3 is 2.47 bits per heavy atom. The van der Waals surface area contributed by atoms with Crippen molar-refractivity contribution in [1.29, 1.82) is 0 Å². The van der Waals surface area contributed by atoms with Crippen LogP contribution >= 0.6 is 11.8 Å². The third-order valence-electron chi connectivity index (χ3n) is 2.14. The van der Waals surface area contributed by atoms with E-state index < -0.39 is 9.84 Å². The standard InChI is InChI=1S/C11H16FNO2S2/c1-17(14,15)7-6-10(13)8-16-11-4-2-9(12)3-5-11/h2-5,10H,6-8,13H2,1H3. The average molecular weight is 277 g/mol. The maximum atomic E-state index is 12.6. The number of nitrogens with two attached hydrogens (primary N) is 1. The highest BCUT2D eigenvalue weighted by Crippen LogP contribution is 2.19. The summed E-state index contributed by atoms with van der Waals surface area (Å²) in [5.74, 6) is 0.468. The fourth-order valence-electron chi connectivity index (χ4n) is 1.18. The predicted molar refractivity (Wildman–Crippen MR) is 69.4 cm³/mol. The predicted octanol–water partition coefficient (Wildman–Crippen LogP) is 1.68. The molecule has 0 amide bonds. The van der Waals surface area contributed by atoms with Crippen LogP contribution in [0, 0.1) is 5.82 Å². The van der Waals surface area contributed by atoms with E-state index in [4.69, 9.17) is 5.73 Å². The van der Waals surface area contributed by atoms with Crippen LogP contribution in [0.4, 0.5) is 4.39 Å².